The van der Waals surface area contributed by atoms with Gasteiger partial charge in [0, 0.05) is 52.8 Å². The molecule has 11 heteroatoms. The molecule has 1 amide bonds. The van der Waals surface area contributed by atoms with Gasteiger partial charge in [0.2, 0.25) is 5.91 Å². The summed E-state index contributed by atoms with van der Waals surface area (Å²) in [5, 5.41) is 23.7. The number of carbonyl (C=O) groups is 1. The zero-order valence-corrected chi connectivity index (χ0v) is 21.9. The Bertz CT molecular complexity index is 1330. The smallest absolute Gasteiger partial charge is 0.244 e. The lowest BCUT2D eigenvalue weighted by Crippen LogP contribution is -2.30. The number of carbonyl (C=O) groups excluding carboxylic acids is 1. The lowest BCUT2D eigenvalue weighted by molar-refractivity contribution is -0.117. The van der Waals surface area contributed by atoms with E-state index in [0.717, 1.165) is 54.7 Å². The van der Waals surface area contributed by atoms with Crippen LogP contribution in [-0.2, 0) is 4.79 Å². The Morgan fingerprint density at radius 1 is 1.21 bits per heavy atom. The third-order valence-electron chi connectivity index (χ3n) is 6.32. The topological polar surface area (TPSA) is 147 Å². The number of halogens is 1. The van der Waals surface area contributed by atoms with Crippen LogP contribution in [0.1, 0.15) is 43.0 Å². The number of rotatable bonds is 6. The normalized spacial score (nSPS) is 15.7. The average molecular weight is 534 g/mol. The highest BCUT2D eigenvalue weighted by Gasteiger charge is 2.18. The summed E-state index contributed by atoms with van der Waals surface area (Å²) >= 11 is 6.17. The number of anilines is 3. The number of hydrogen-bond donors (Lipinski definition) is 5. The molecule has 2 heterocycles. The summed E-state index contributed by atoms with van der Waals surface area (Å²) in [6, 6.07) is 13.0. The van der Waals surface area contributed by atoms with E-state index < -0.39 is 0 Å². The maximum Gasteiger partial charge on any atom is 0.244 e. The lowest BCUT2D eigenvalue weighted by Gasteiger charge is -2.20. The number of hydrazine groups is 1. The van der Waals surface area contributed by atoms with Crippen molar-refractivity contribution >= 4 is 47.0 Å². The summed E-state index contributed by atoms with van der Waals surface area (Å²) in [4.78, 5) is 13.0. The highest BCUT2D eigenvalue weighted by Crippen LogP contribution is 2.32. The number of fused-ring (bicyclic) bond motifs is 4. The quantitative estimate of drug-likeness (QED) is 0.104. The first kappa shape index (κ1) is 26.9. The molecule has 1 aliphatic heterocycles. The average Bonchev–Trinajstić information content (AvgIpc) is 2.92. The number of hydrogen-bond acceptors (Lipinski definition) is 8. The van der Waals surface area contributed by atoms with E-state index in [1.165, 1.54) is 17.4 Å². The van der Waals surface area contributed by atoms with Gasteiger partial charge in [-0.3, -0.25) is 9.80 Å². The molecule has 0 spiro atoms. The maximum atomic E-state index is 13.0. The summed E-state index contributed by atoms with van der Waals surface area (Å²) < 4.78 is 0. The predicted molar refractivity (Wildman–Crippen MR) is 155 cm³/mol. The van der Waals surface area contributed by atoms with Crippen molar-refractivity contribution in [1.82, 2.24) is 15.5 Å². The molecule has 10 nitrogen and oxygen atoms in total. The summed E-state index contributed by atoms with van der Waals surface area (Å²) in [6.45, 7) is 0.861. The molecule has 1 unspecified atom stereocenters. The van der Waals surface area contributed by atoms with E-state index in [0.29, 0.717) is 22.0 Å². The number of nitrogens with one attached hydrogen (secondary N) is 3. The van der Waals surface area contributed by atoms with Gasteiger partial charge in [0.25, 0.3) is 0 Å². The summed E-state index contributed by atoms with van der Waals surface area (Å²) in [5.41, 5.74) is 5.97. The number of amides is 1. The van der Waals surface area contributed by atoms with E-state index in [9.17, 15) is 4.79 Å². The van der Waals surface area contributed by atoms with Crippen LogP contribution in [0, 0.1) is 0 Å². The minimum Gasteiger partial charge on any atom is -0.388 e. The van der Waals surface area contributed by atoms with Crippen LogP contribution in [0.15, 0.2) is 59.8 Å². The second-order valence-corrected chi connectivity index (χ2v) is 9.36. The van der Waals surface area contributed by atoms with Gasteiger partial charge >= 0.3 is 0 Å². The SMILES string of the molecule is CNc1ccc2c(c1)NCCCCCC(NC(=O)/C=C/c1cc(Cl)ccc1N(N)/C=N\N)c1cc-2cnn1. The third-order valence-corrected chi connectivity index (χ3v) is 6.56. The fourth-order valence-corrected chi connectivity index (χ4v) is 4.56. The molecule has 3 aromatic rings. The van der Waals surface area contributed by atoms with Crippen LogP contribution >= 0.6 is 11.6 Å². The molecule has 7 N–H and O–H groups in total. The van der Waals surface area contributed by atoms with E-state index in [1.54, 1.807) is 30.5 Å². The number of benzene rings is 2. The molecule has 198 valence electrons. The molecule has 1 aliphatic rings. The van der Waals surface area contributed by atoms with Crippen molar-refractivity contribution in [2.45, 2.75) is 31.7 Å². The first-order chi connectivity index (χ1) is 18.5. The van der Waals surface area contributed by atoms with Crippen LogP contribution in [0.25, 0.3) is 17.2 Å². The molecule has 0 saturated heterocycles. The van der Waals surface area contributed by atoms with E-state index >= 15 is 0 Å². The van der Waals surface area contributed by atoms with E-state index in [4.69, 9.17) is 23.3 Å². The molecule has 2 bridgehead atoms. The van der Waals surface area contributed by atoms with E-state index in [1.807, 2.05) is 19.2 Å². The molecular formula is C27H32ClN9O. The largest absolute Gasteiger partial charge is 0.388 e. The fourth-order valence-electron chi connectivity index (χ4n) is 4.38. The zero-order chi connectivity index (χ0) is 26.9. The first-order valence-electron chi connectivity index (χ1n) is 12.4. The van der Waals surface area contributed by atoms with Gasteiger partial charge < -0.3 is 21.8 Å². The van der Waals surface area contributed by atoms with Gasteiger partial charge in [0.1, 0.15) is 6.34 Å². The minimum absolute atomic E-state index is 0.267. The fraction of sp³-hybridized carbons (Fsp3) is 0.259. The molecule has 0 saturated carbocycles. The van der Waals surface area contributed by atoms with Crippen LogP contribution in [-0.4, -0.2) is 36.0 Å². The van der Waals surface area contributed by atoms with Crippen molar-refractivity contribution in [2.75, 3.05) is 29.2 Å². The van der Waals surface area contributed by atoms with Crippen molar-refractivity contribution in [3.05, 3.63) is 71.0 Å². The van der Waals surface area contributed by atoms with Crippen molar-refractivity contribution < 1.29 is 4.79 Å². The Kier molecular flexibility index (Phi) is 9.12. The van der Waals surface area contributed by atoms with Crippen molar-refractivity contribution in [3.8, 4) is 11.1 Å². The van der Waals surface area contributed by atoms with Crippen molar-refractivity contribution in [2.24, 2.45) is 16.8 Å². The summed E-state index contributed by atoms with van der Waals surface area (Å²) in [5.74, 6) is 10.9. The van der Waals surface area contributed by atoms with Crippen LogP contribution in [0.4, 0.5) is 17.1 Å². The Morgan fingerprint density at radius 3 is 2.89 bits per heavy atom. The minimum atomic E-state index is -0.291. The third kappa shape index (κ3) is 6.78. The van der Waals surface area contributed by atoms with E-state index in [2.05, 4.69) is 43.4 Å². The standard InChI is InChI=1S/C27H32ClN9O/c1-31-21-8-9-22-19-14-25(36-34-16-19)23(5-3-2-4-12-32-24(22)15-21)35-27(38)11-6-18-13-20(28)7-10-26(18)37(30)17-33-29/h6-11,13-17,23,31-32H,2-5,12,29-30H2,1H3,(H,35,38)/b11-6+,33-17-. The van der Waals surface area contributed by atoms with Gasteiger partial charge in [-0.15, -0.1) is 0 Å². The van der Waals surface area contributed by atoms with Gasteiger partial charge in [0.15, 0.2) is 0 Å². The number of nitrogens with two attached hydrogens (primary N) is 2. The molecule has 2 aromatic carbocycles. The van der Waals surface area contributed by atoms with Crippen LogP contribution in [0.5, 0.6) is 0 Å². The Labute approximate surface area is 227 Å². The molecule has 0 aliphatic carbocycles. The van der Waals surface area contributed by atoms with Crippen LogP contribution in [0.2, 0.25) is 5.02 Å². The second kappa shape index (κ2) is 12.9. The second-order valence-electron chi connectivity index (χ2n) is 8.93. The van der Waals surface area contributed by atoms with E-state index in [-0.39, 0.29) is 11.9 Å². The summed E-state index contributed by atoms with van der Waals surface area (Å²) in [7, 11) is 1.90. The predicted octanol–water partition coefficient (Wildman–Crippen LogP) is 4.28. The van der Waals surface area contributed by atoms with Gasteiger partial charge in [-0.05, 0) is 55.3 Å². The van der Waals surface area contributed by atoms with Gasteiger partial charge in [0.05, 0.1) is 23.6 Å². The van der Waals surface area contributed by atoms with Gasteiger partial charge in [-0.25, -0.2) is 5.84 Å². The Hall–Kier alpha value is -4.15. The summed E-state index contributed by atoms with van der Waals surface area (Å²) in [6.07, 6.45) is 9.84. The van der Waals surface area contributed by atoms with Crippen LogP contribution < -0.4 is 32.6 Å². The Morgan fingerprint density at radius 2 is 2.08 bits per heavy atom. The zero-order valence-electron chi connectivity index (χ0n) is 21.2. The lowest BCUT2D eigenvalue weighted by atomic mass is 9.99. The molecule has 38 heavy (non-hydrogen) atoms. The molecule has 1 aromatic heterocycles. The van der Waals surface area contributed by atoms with Gasteiger partial charge in [-0.1, -0.05) is 30.5 Å². The Balaban J connectivity index is 1.59. The molecular weight excluding hydrogens is 502 g/mol. The number of hydrazone groups is 1. The number of nitrogens with zero attached hydrogens (tertiary/aromatic N) is 4. The van der Waals surface area contributed by atoms with Gasteiger partial charge in [-0.2, -0.15) is 15.3 Å². The molecule has 0 radical (unpaired) electrons. The monoisotopic (exact) mass is 533 g/mol. The maximum absolute atomic E-state index is 13.0. The molecule has 1 atom stereocenters. The van der Waals surface area contributed by atoms with Crippen molar-refractivity contribution in [1.29, 1.82) is 0 Å². The molecule has 0 fully saturated rings. The number of aromatic nitrogens is 2. The van der Waals surface area contributed by atoms with Crippen LogP contribution in [0.3, 0.4) is 0 Å². The van der Waals surface area contributed by atoms with Crippen molar-refractivity contribution in [3.63, 3.8) is 0 Å². The molecule has 4 rings (SSSR count). The first-order valence-corrected chi connectivity index (χ1v) is 12.8. The highest BCUT2D eigenvalue weighted by atomic mass is 35.5. The highest BCUT2D eigenvalue weighted by molar-refractivity contribution is 6.30.